The summed E-state index contributed by atoms with van der Waals surface area (Å²) in [5, 5.41) is 0. The first-order valence-electron chi connectivity index (χ1n) is 6.77. The first-order valence-corrected chi connectivity index (χ1v) is 6.77. The molecule has 0 aromatic heterocycles. The van der Waals surface area contributed by atoms with Crippen molar-refractivity contribution in [2.24, 2.45) is 5.92 Å². The monoisotopic (exact) mass is 288 g/mol. The summed E-state index contributed by atoms with van der Waals surface area (Å²) in [6, 6.07) is 5.12. The third kappa shape index (κ3) is 5.23. The highest BCUT2D eigenvalue weighted by Crippen LogP contribution is 2.24. The van der Waals surface area contributed by atoms with E-state index in [1.54, 1.807) is 0 Å². The maximum absolute atomic E-state index is 12.2. The van der Waals surface area contributed by atoms with E-state index in [0.717, 1.165) is 25.7 Å². The van der Waals surface area contributed by atoms with Gasteiger partial charge in [0.25, 0.3) is 0 Å². The second-order valence-electron chi connectivity index (χ2n) is 4.68. The summed E-state index contributed by atoms with van der Waals surface area (Å²) in [5.74, 6) is -0.389. The summed E-state index contributed by atoms with van der Waals surface area (Å²) in [6.07, 6.45) is -1.17. The predicted octanol–water partition coefficient (Wildman–Crippen LogP) is 4.98. The highest BCUT2D eigenvalue weighted by Gasteiger charge is 2.31. The zero-order chi connectivity index (χ0) is 15.2. The molecule has 0 saturated carbocycles. The molecule has 1 rings (SSSR count). The van der Waals surface area contributed by atoms with Crippen LogP contribution in [-0.2, 0) is 0 Å². The standard InChI is InChI=1S/C15H19F3O2/c1-3-5-6-11(4-2)14(19)12-7-9-13(10-8-12)20-15(16,17)18/h7-11H,3-6H2,1-2H3. The maximum atomic E-state index is 12.2. The van der Waals surface area contributed by atoms with Crippen molar-refractivity contribution in [3.05, 3.63) is 29.8 Å². The van der Waals surface area contributed by atoms with E-state index in [4.69, 9.17) is 0 Å². The Morgan fingerprint density at radius 3 is 2.25 bits per heavy atom. The van der Waals surface area contributed by atoms with Crippen LogP contribution in [0.25, 0.3) is 0 Å². The molecule has 1 aromatic rings. The van der Waals surface area contributed by atoms with Crippen LogP contribution in [0.4, 0.5) is 13.2 Å². The van der Waals surface area contributed by atoms with Crippen molar-refractivity contribution in [1.82, 2.24) is 0 Å². The van der Waals surface area contributed by atoms with Gasteiger partial charge in [0.1, 0.15) is 5.75 Å². The van der Waals surface area contributed by atoms with Crippen LogP contribution >= 0.6 is 0 Å². The Labute approximate surface area is 116 Å². The van der Waals surface area contributed by atoms with Crippen molar-refractivity contribution in [1.29, 1.82) is 0 Å². The van der Waals surface area contributed by atoms with Crippen molar-refractivity contribution in [3.8, 4) is 5.75 Å². The van der Waals surface area contributed by atoms with Crippen LogP contribution in [0, 0.1) is 5.92 Å². The molecule has 0 bridgehead atoms. The van der Waals surface area contributed by atoms with Gasteiger partial charge in [-0.05, 0) is 37.1 Å². The van der Waals surface area contributed by atoms with E-state index in [0.29, 0.717) is 5.56 Å². The van der Waals surface area contributed by atoms with Crippen molar-refractivity contribution in [2.45, 2.75) is 45.9 Å². The SMILES string of the molecule is CCCCC(CC)C(=O)c1ccc(OC(F)(F)F)cc1. The summed E-state index contributed by atoms with van der Waals surface area (Å²) in [5.41, 5.74) is 0.433. The van der Waals surface area contributed by atoms with Crippen LogP contribution in [0.15, 0.2) is 24.3 Å². The Kier molecular flexibility index (Phi) is 6.05. The number of rotatable bonds is 7. The molecule has 1 aromatic carbocycles. The van der Waals surface area contributed by atoms with Crippen LogP contribution in [0.1, 0.15) is 49.9 Å². The van der Waals surface area contributed by atoms with Gasteiger partial charge in [-0.15, -0.1) is 13.2 Å². The minimum Gasteiger partial charge on any atom is -0.406 e. The molecule has 20 heavy (non-hydrogen) atoms. The third-order valence-electron chi connectivity index (χ3n) is 3.14. The van der Waals surface area contributed by atoms with Gasteiger partial charge in [-0.25, -0.2) is 0 Å². The first-order chi connectivity index (χ1) is 9.37. The fourth-order valence-electron chi connectivity index (χ4n) is 2.03. The van der Waals surface area contributed by atoms with Crippen LogP contribution in [0.2, 0.25) is 0 Å². The Hall–Kier alpha value is -1.52. The number of Topliss-reactive ketones (excluding diaryl/α,β-unsaturated/α-hetero) is 1. The molecule has 112 valence electrons. The maximum Gasteiger partial charge on any atom is 0.573 e. The highest BCUT2D eigenvalue weighted by atomic mass is 19.4. The number of hydrogen-bond acceptors (Lipinski definition) is 2. The molecule has 1 atom stereocenters. The summed E-state index contributed by atoms with van der Waals surface area (Å²) in [4.78, 5) is 12.2. The van der Waals surface area contributed by atoms with E-state index >= 15 is 0 Å². The Morgan fingerprint density at radius 2 is 1.80 bits per heavy atom. The molecular weight excluding hydrogens is 269 g/mol. The molecule has 2 nitrogen and oxygen atoms in total. The lowest BCUT2D eigenvalue weighted by atomic mass is 9.91. The van der Waals surface area contributed by atoms with Gasteiger partial charge in [-0.1, -0.05) is 26.7 Å². The topological polar surface area (TPSA) is 26.3 Å². The number of benzene rings is 1. The molecule has 0 aliphatic heterocycles. The van der Waals surface area contributed by atoms with E-state index in [-0.39, 0.29) is 17.5 Å². The smallest absolute Gasteiger partial charge is 0.406 e. The Morgan fingerprint density at radius 1 is 1.20 bits per heavy atom. The summed E-state index contributed by atoms with van der Waals surface area (Å²) in [6.45, 7) is 4.00. The number of hydrogen-bond donors (Lipinski definition) is 0. The lowest BCUT2D eigenvalue weighted by Gasteiger charge is -2.14. The lowest BCUT2D eigenvalue weighted by Crippen LogP contribution is -2.17. The minimum absolute atomic E-state index is 0.0143. The Bertz CT molecular complexity index is 424. The van der Waals surface area contributed by atoms with E-state index in [1.807, 2.05) is 6.92 Å². The zero-order valence-electron chi connectivity index (χ0n) is 11.7. The van der Waals surface area contributed by atoms with E-state index < -0.39 is 6.36 Å². The number of carbonyl (C=O) groups is 1. The summed E-state index contributed by atoms with van der Waals surface area (Å²) < 4.78 is 39.9. The number of alkyl halides is 3. The average molecular weight is 288 g/mol. The highest BCUT2D eigenvalue weighted by molar-refractivity contribution is 5.97. The molecule has 0 aliphatic rings. The zero-order valence-corrected chi connectivity index (χ0v) is 11.7. The number of halogens is 3. The van der Waals surface area contributed by atoms with Gasteiger partial charge in [-0.3, -0.25) is 4.79 Å². The van der Waals surface area contributed by atoms with Crippen LogP contribution < -0.4 is 4.74 Å². The number of ketones is 1. The number of carbonyl (C=O) groups excluding carboxylic acids is 1. The van der Waals surface area contributed by atoms with Gasteiger partial charge >= 0.3 is 6.36 Å². The van der Waals surface area contributed by atoms with Crippen LogP contribution in [0.3, 0.4) is 0 Å². The molecule has 0 heterocycles. The van der Waals surface area contributed by atoms with Crippen LogP contribution in [-0.4, -0.2) is 12.1 Å². The van der Waals surface area contributed by atoms with Crippen LogP contribution in [0.5, 0.6) is 5.75 Å². The van der Waals surface area contributed by atoms with Gasteiger partial charge in [0.2, 0.25) is 0 Å². The van der Waals surface area contributed by atoms with Gasteiger partial charge in [-0.2, -0.15) is 0 Å². The van der Waals surface area contributed by atoms with Gasteiger partial charge in [0.15, 0.2) is 5.78 Å². The number of unbranched alkanes of at least 4 members (excludes halogenated alkanes) is 1. The normalized spacial score (nSPS) is 13.1. The predicted molar refractivity (Wildman–Crippen MR) is 70.8 cm³/mol. The van der Waals surface area contributed by atoms with E-state index in [9.17, 15) is 18.0 Å². The summed E-state index contributed by atoms with van der Waals surface area (Å²) in [7, 11) is 0. The first kappa shape index (κ1) is 16.5. The molecular formula is C15H19F3O2. The van der Waals surface area contributed by atoms with E-state index in [1.165, 1.54) is 24.3 Å². The average Bonchev–Trinajstić information content (AvgIpc) is 2.38. The second-order valence-corrected chi connectivity index (χ2v) is 4.68. The third-order valence-corrected chi connectivity index (χ3v) is 3.14. The fourth-order valence-corrected chi connectivity index (χ4v) is 2.03. The molecule has 0 spiro atoms. The quantitative estimate of drug-likeness (QED) is 0.661. The summed E-state index contributed by atoms with van der Waals surface area (Å²) >= 11 is 0. The molecule has 0 N–H and O–H groups in total. The molecule has 0 amide bonds. The van der Waals surface area contributed by atoms with Crippen molar-refractivity contribution < 1.29 is 22.7 Å². The second kappa shape index (κ2) is 7.31. The molecule has 0 saturated heterocycles. The molecule has 5 heteroatoms. The molecule has 0 fully saturated rings. The molecule has 0 radical (unpaired) electrons. The van der Waals surface area contributed by atoms with Crippen molar-refractivity contribution in [3.63, 3.8) is 0 Å². The van der Waals surface area contributed by atoms with Crippen molar-refractivity contribution >= 4 is 5.78 Å². The fraction of sp³-hybridized carbons (Fsp3) is 0.533. The van der Waals surface area contributed by atoms with Gasteiger partial charge in [0, 0.05) is 11.5 Å². The largest absolute Gasteiger partial charge is 0.573 e. The van der Waals surface area contributed by atoms with Gasteiger partial charge in [0.05, 0.1) is 0 Å². The minimum atomic E-state index is -4.71. The van der Waals surface area contributed by atoms with Gasteiger partial charge < -0.3 is 4.74 Å². The van der Waals surface area contributed by atoms with E-state index in [2.05, 4.69) is 11.7 Å². The lowest BCUT2D eigenvalue weighted by molar-refractivity contribution is -0.274. The Balaban J connectivity index is 2.74. The molecule has 1 unspecified atom stereocenters. The molecule has 0 aliphatic carbocycles. The number of ether oxygens (including phenoxy) is 1. The van der Waals surface area contributed by atoms with Crippen molar-refractivity contribution in [2.75, 3.05) is 0 Å².